The van der Waals surface area contributed by atoms with Crippen molar-refractivity contribution in [2.45, 2.75) is 32.7 Å². The number of nitrogens with one attached hydrogen (secondary N) is 2. The van der Waals surface area contributed by atoms with E-state index in [0.717, 1.165) is 6.42 Å². The van der Waals surface area contributed by atoms with Gasteiger partial charge in [-0.3, -0.25) is 0 Å². The highest BCUT2D eigenvalue weighted by atomic mass is 35.5. The van der Waals surface area contributed by atoms with Crippen molar-refractivity contribution in [2.24, 2.45) is 0 Å². The molecule has 1 aliphatic heterocycles. The van der Waals surface area contributed by atoms with Crippen molar-refractivity contribution < 1.29 is 14.3 Å². The van der Waals surface area contributed by atoms with Crippen LogP contribution in [0.5, 0.6) is 0 Å². The van der Waals surface area contributed by atoms with E-state index in [1.807, 2.05) is 13.0 Å². The highest BCUT2D eigenvalue weighted by molar-refractivity contribution is 6.31. The summed E-state index contributed by atoms with van der Waals surface area (Å²) in [5, 5.41) is 5.96. The molecule has 6 heteroatoms. The quantitative estimate of drug-likeness (QED) is 0.817. The summed E-state index contributed by atoms with van der Waals surface area (Å²) in [5.74, 6) is -0.441. The number of allylic oxidation sites excluding steroid dienone is 1. The van der Waals surface area contributed by atoms with Gasteiger partial charge in [0.2, 0.25) is 0 Å². The van der Waals surface area contributed by atoms with Crippen LogP contribution in [0.2, 0.25) is 5.02 Å². The zero-order valence-corrected chi connectivity index (χ0v) is 13.4. The monoisotopic (exact) mass is 322 g/mol. The van der Waals surface area contributed by atoms with Crippen LogP contribution in [0, 0.1) is 0 Å². The summed E-state index contributed by atoms with van der Waals surface area (Å²) in [6.07, 6.45) is 1.39. The molecule has 0 spiro atoms. The second-order valence-electron chi connectivity index (χ2n) is 4.92. The lowest BCUT2D eigenvalue weighted by Gasteiger charge is -2.29. The Kier molecular flexibility index (Phi) is 5.44. The van der Waals surface area contributed by atoms with E-state index >= 15 is 0 Å². The van der Waals surface area contributed by atoms with Gasteiger partial charge in [0.25, 0.3) is 0 Å². The molecule has 118 valence electrons. The third-order valence-corrected chi connectivity index (χ3v) is 3.71. The first-order valence-corrected chi connectivity index (χ1v) is 7.68. The van der Waals surface area contributed by atoms with E-state index in [1.54, 1.807) is 25.1 Å². The smallest absolute Gasteiger partial charge is 0.338 e. The van der Waals surface area contributed by atoms with Gasteiger partial charge in [-0.25, -0.2) is 9.59 Å². The Hall–Kier alpha value is -2.01. The summed E-state index contributed by atoms with van der Waals surface area (Å²) >= 11 is 6.23. The average Bonchev–Trinajstić information content (AvgIpc) is 2.47. The Bertz CT molecular complexity index is 613. The molecular weight excluding hydrogens is 304 g/mol. The van der Waals surface area contributed by atoms with Crippen LogP contribution in [0.1, 0.15) is 38.3 Å². The number of esters is 1. The molecule has 0 unspecified atom stereocenters. The van der Waals surface area contributed by atoms with Gasteiger partial charge in [-0.2, -0.15) is 0 Å². The van der Waals surface area contributed by atoms with Gasteiger partial charge in [-0.1, -0.05) is 43.1 Å². The second kappa shape index (κ2) is 7.31. The number of hydrogen-bond donors (Lipinski definition) is 2. The molecule has 1 aromatic carbocycles. The van der Waals surface area contributed by atoms with Gasteiger partial charge in [0.15, 0.2) is 0 Å². The zero-order chi connectivity index (χ0) is 16.1. The van der Waals surface area contributed by atoms with E-state index in [4.69, 9.17) is 16.3 Å². The third-order valence-electron chi connectivity index (χ3n) is 3.37. The third kappa shape index (κ3) is 3.42. The van der Waals surface area contributed by atoms with Gasteiger partial charge in [-0.05, 0) is 25.0 Å². The lowest BCUT2D eigenvalue weighted by atomic mass is 9.94. The van der Waals surface area contributed by atoms with Crippen LogP contribution in [0.15, 0.2) is 35.5 Å². The number of carbonyl (C=O) groups is 2. The van der Waals surface area contributed by atoms with Crippen LogP contribution >= 0.6 is 11.6 Å². The number of halogens is 1. The Labute approximate surface area is 134 Å². The standard InChI is InChI=1S/C16H19ClN2O3/c1-3-7-12-13(15(20)22-4-2)14(19-16(21)18-12)10-8-5-6-9-11(10)17/h5-6,8-9,14H,3-4,7H2,1-2H3,(H2,18,19,21)/t14-/m0/s1. The maximum atomic E-state index is 12.4. The SMILES string of the molecule is CCCC1=C(C(=O)OCC)[C@H](c2ccccc2Cl)NC(=O)N1. The first-order valence-electron chi connectivity index (χ1n) is 7.30. The highest BCUT2D eigenvalue weighted by Gasteiger charge is 2.34. The van der Waals surface area contributed by atoms with Gasteiger partial charge < -0.3 is 15.4 Å². The Morgan fingerprint density at radius 2 is 2.05 bits per heavy atom. The topological polar surface area (TPSA) is 67.4 Å². The molecule has 0 saturated carbocycles. The van der Waals surface area contributed by atoms with E-state index in [9.17, 15) is 9.59 Å². The predicted octanol–water partition coefficient (Wildman–Crippen LogP) is 3.31. The zero-order valence-electron chi connectivity index (χ0n) is 12.6. The number of amides is 2. The number of benzene rings is 1. The lowest BCUT2D eigenvalue weighted by molar-refractivity contribution is -0.139. The molecule has 0 saturated heterocycles. The molecule has 0 bridgehead atoms. The summed E-state index contributed by atoms with van der Waals surface area (Å²) in [5.41, 5.74) is 1.68. The van der Waals surface area contributed by atoms with Crippen molar-refractivity contribution in [3.8, 4) is 0 Å². The lowest BCUT2D eigenvalue weighted by Crippen LogP contribution is -2.46. The normalized spacial score (nSPS) is 17.8. The van der Waals surface area contributed by atoms with E-state index in [0.29, 0.717) is 28.3 Å². The number of urea groups is 1. The van der Waals surface area contributed by atoms with E-state index in [1.165, 1.54) is 0 Å². The minimum Gasteiger partial charge on any atom is -0.463 e. The number of ether oxygens (including phenoxy) is 1. The van der Waals surface area contributed by atoms with Crippen LogP contribution in [0.25, 0.3) is 0 Å². The molecule has 0 aromatic heterocycles. The minimum absolute atomic E-state index is 0.269. The van der Waals surface area contributed by atoms with Gasteiger partial charge in [0.05, 0.1) is 18.2 Å². The molecule has 0 aliphatic carbocycles. The fraction of sp³-hybridized carbons (Fsp3) is 0.375. The number of hydrogen-bond acceptors (Lipinski definition) is 3. The van der Waals surface area contributed by atoms with Crippen LogP contribution in [-0.4, -0.2) is 18.6 Å². The van der Waals surface area contributed by atoms with E-state index in [-0.39, 0.29) is 12.6 Å². The molecular formula is C16H19ClN2O3. The molecule has 22 heavy (non-hydrogen) atoms. The maximum absolute atomic E-state index is 12.4. The van der Waals surface area contributed by atoms with Crippen LogP contribution in [-0.2, 0) is 9.53 Å². The largest absolute Gasteiger partial charge is 0.463 e. The summed E-state index contributed by atoms with van der Waals surface area (Å²) < 4.78 is 5.15. The van der Waals surface area contributed by atoms with Gasteiger partial charge in [0.1, 0.15) is 0 Å². The number of carbonyl (C=O) groups excluding carboxylic acids is 2. The fourth-order valence-electron chi connectivity index (χ4n) is 2.46. The van der Waals surface area contributed by atoms with Crippen molar-refractivity contribution in [2.75, 3.05) is 6.61 Å². The van der Waals surface area contributed by atoms with E-state index in [2.05, 4.69) is 10.6 Å². The van der Waals surface area contributed by atoms with Crippen molar-refractivity contribution in [3.05, 3.63) is 46.1 Å². The first-order chi connectivity index (χ1) is 10.6. The van der Waals surface area contributed by atoms with Crippen LogP contribution in [0.4, 0.5) is 4.79 Å². The average molecular weight is 323 g/mol. The van der Waals surface area contributed by atoms with Crippen LogP contribution < -0.4 is 10.6 Å². The summed E-state index contributed by atoms with van der Waals surface area (Å²) in [6, 6.07) is 6.19. The Balaban J connectivity index is 2.52. The molecule has 1 aliphatic rings. The highest BCUT2D eigenvalue weighted by Crippen LogP contribution is 2.33. The molecule has 0 fully saturated rings. The maximum Gasteiger partial charge on any atom is 0.338 e. The predicted molar refractivity (Wildman–Crippen MR) is 84.4 cm³/mol. The van der Waals surface area contributed by atoms with Crippen molar-refractivity contribution in [3.63, 3.8) is 0 Å². The number of rotatable bonds is 5. The Morgan fingerprint density at radius 1 is 1.32 bits per heavy atom. The molecule has 1 aromatic rings. The summed E-state index contributed by atoms with van der Waals surface area (Å²) in [4.78, 5) is 24.3. The molecule has 1 atom stereocenters. The van der Waals surface area contributed by atoms with Crippen molar-refractivity contribution in [1.82, 2.24) is 10.6 Å². The Morgan fingerprint density at radius 3 is 2.68 bits per heavy atom. The molecule has 2 amide bonds. The van der Waals surface area contributed by atoms with Crippen molar-refractivity contribution in [1.29, 1.82) is 0 Å². The summed E-state index contributed by atoms with van der Waals surface area (Å²) in [6.45, 7) is 4.00. The minimum atomic E-state index is -0.608. The van der Waals surface area contributed by atoms with Gasteiger partial charge in [-0.15, -0.1) is 0 Å². The molecule has 1 heterocycles. The van der Waals surface area contributed by atoms with Crippen LogP contribution in [0.3, 0.4) is 0 Å². The first kappa shape index (κ1) is 16.4. The van der Waals surface area contributed by atoms with Crippen molar-refractivity contribution >= 4 is 23.6 Å². The van der Waals surface area contributed by atoms with E-state index < -0.39 is 12.0 Å². The van der Waals surface area contributed by atoms with Gasteiger partial charge >= 0.3 is 12.0 Å². The molecule has 2 rings (SSSR count). The molecule has 0 radical (unpaired) electrons. The molecule has 5 nitrogen and oxygen atoms in total. The fourth-order valence-corrected chi connectivity index (χ4v) is 2.70. The summed E-state index contributed by atoms with van der Waals surface area (Å²) in [7, 11) is 0. The molecule has 2 N–H and O–H groups in total. The van der Waals surface area contributed by atoms with Gasteiger partial charge in [0, 0.05) is 10.7 Å². The second-order valence-corrected chi connectivity index (χ2v) is 5.32.